The quantitative estimate of drug-likeness (QED) is 0.455. The number of alkyl halides is 3. The molecule has 30 heavy (non-hydrogen) atoms. The summed E-state index contributed by atoms with van der Waals surface area (Å²) in [4.78, 5) is 12.6. The lowest BCUT2D eigenvalue weighted by atomic mass is 10.2. The van der Waals surface area contributed by atoms with Gasteiger partial charge in [-0.05, 0) is 48.5 Å². The van der Waals surface area contributed by atoms with Crippen molar-refractivity contribution in [3.63, 3.8) is 0 Å². The second-order valence-corrected chi connectivity index (χ2v) is 6.35. The molecular formula is C21H19F3N4O2. The Balaban J connectivity index is 1.75. The number of nitrogen functional groups attached to an aromatic ring is 1. The van der Waals surface area contributed by atoms with E-state index in [4.69, 9.17) is 15.9 Å². The Kier molecular flexibility index (Phi) is 6.10. The molecule has 0 saturated carbocycles. The van der Waals surface area contributed by atoms with Crippen molar-refractivity contribution in [3.05, 3.63) is 78.6 Å². The van der Waals surface area contributed by atoms with Crippen LogP contribution in [0.3, 0.4) is 0 Å². The van der Waals surface area contributed by atoms with Crippen LogP contribution in [0, 0.1) is 5.41 Å². The Morgan fingerprint density at radius 3 is 2.33 bits per heavy atom. The lowest BCUT2D eigenvalue weighted by molar-refractivity contribution is -0.170. The van der Waals surface area contributed by atoms with Gasteiger partial charge in [-0.2, -0.15) is 13.2 Å². The number of amidine groups is 1. The zero-order chi connectivity index (χ0) is 21.7. The van der Waals surface area contributed by atoms with E-state index < -0.39 is 12.1 Å². The van der Waals surface area contributed by atoms with Gasteiger partial charge in [0.15, 0.2) is 0 Å². The number of halogens is 3. The van der Waals surface area contributed by atoms with Crippen LogP contribution >= 0.6 is 0 Å². The molecule has 0 unspecified atom stereocenters. The summed E-state index contributed by atoms with van der Waals surface area (Å²) >= 11 is 0. The first-order chi connectivity index (χ1) is 14.3. The molecule has 0 fully saturated rings. The smallest absolute Gasteiger partial charge is 0.471 e. The van der Waals surface area contributed by atoms with Crippen molar-refractivity contribution in [3.8, 4) is 11.4 Å². The van der Waals surface area contributed by atoms with Crippen LogP contribution in [0.2, 0.25) is 0 Å². The lowest BCUT2D eigenvalue weighted by Gasteiger charge is -2.24. The normalized spacial score (nSPS) is 11.2. The Labute approximate surface area is 170 Å². The summed E-state index contributed by atoms with van der Waals surface area (Å²) in [5.41, 5.74) is 6.70. The van der Waals surface area contributed by atoms with Gasteiger partial charge in [0.2, 0.25) is 0 Å². The van der Waals surface area contributed by atoms with Gasteiger partial charge in [0.25, 0.3) is 0 Å². The number of nitrogens with zero attached hydrogens (tertiary/aromatic N) is 2. The molecule has 0 saturated heterocycles. The average Bonchev–Trinajstić information content (AvgIpc) is 3.25. The average molecular weight is 416 g/mol. The van der Waals surface area contributed by atoms with E-state index in [9.17, 15) is 18.0 Å². The highest BCUT2D eigenvalue weighted by atomic mass is 19.4. The van der Waals surface area contributed by atoms with Crippen LogP contribution in [-0.2, 0) is 4.79 Å². The summed E-state index contributed by atoms with van der Waals surface area (Å²) < 4.78 is 46.6. The van der Waals surface area contributed by atoms with Gasteiger partial charge >= 0.3 is 12.1 Å². The van der Waals surface area contributed by atoms with Crippen molar-refractivity contribution in [2.45, 2.75) is 6.18 Å². The molecule has 2 aromatic carbocycles. The number of rotatable bonds is 7. The molecule has 9 heteroatoms. The molecule has 0 aliphatic heterocycles. The van der Waals surface area contributed by atoms with E-state index in [0.717, 1.165) is 5.69 Å². The Bertz CT molecular complexity index is 1020. The standard InChI is InChI=1S/C21H19F3N4O2/c22-21(23,24)20(29)28(12-13-30-18-5-3-4-15(14-18)19(25)26)17-8-6-16(7-9-17)27-10-1-2-11-27/h1-11,14H,12-13H2,(H3,25,26). The Morgan fingerprint density at radius 1 is 1.07 bits per heavy atom. The van der Waals surface area contributed by atoms with E-state index >= 15 is 0 Å². The molecule has 0 aliphatic carbocycles. The number of aromatic nitrogens is 1. The molecule has 0 atom stereocenters. The van der Waals surface area contributed by atoms with Crippen LogP contribution in [0.5, 0.6) is 5.75 Å². The van der Waals surface area contributed by atoms with Crippen LogP contribution in [0.15, 0.2) is 73.1 Å². The summed E-state index contributed by atoms with van der Waals surface area (Å²) in [6.45, 7) is -0.492. The van der Waals surface area contributed by atoms with Crippen molar-refractivity contribution in [2.24, 2.45) is 5.73 Å². The zero-order valence-electron chi connectivity index (χ0n) is 15.8. The van der Waals surface area contributed by atoms with Gasteiger partial charge in [-0.1, -0.05) is 12.1 Å². The molecule has 6 nitrogen and oxygen atoms in total. The number of amides is 1. The minimum atomic E-state index is -5.02. The Hall–Kier alpha value is -3.75. The third-order valence-electron chi connectivity index (χ3n) is 4.28. The maximum atomic E-state index is 13.1. The largest absolute Gasteiger partial charge is 0.492 e. The highest BCUT2D eigenvalue weighted by molar-refractivity contribution is 5.97. The molecule has 1 heterocycles. The Morgan fingerprint density at radius 2 is 1.73 bits per heavy atom. The molecule has 3 N–H and O–H groups in total. The first kappa shape index (κ1) is 21.0. The maximum absolute atomic E-state index is 13.1. The topological polar surface area (TPSA) is 84.3 Å². The van der Waals surface area contributed by atoms with Crippen molar-refractivity contribution in [1.82, 2.24) is 4.57 Å². The zero-order valence-corrected chi connectivity index (χ0v) is 15.8. The van der Waals surface area contributed by atoms with Crippen LogP contribution < -0.4 is 15.4 Å². The number of benzene rings is 2. The van der Waals surface area contributed by atoms with Gasteiger partial charge < -0.3 is 19.9 Å². The molecule has 0 bridgehead atoms. The minimum absolute atomic E-state index is 0.106. The summed E-state index contributed by atoms with van der Waals surface area (Å²) in [5, 5.41) is 7.43. The molecule has 156 valence electrons. The van der Waals surface area contributed by atoms with E-state index in [2.05, 4.69) is 0 Å². The molecule has 0 spiro atoms. The van der Waals surface area contributed by atoms with E-state index in [-0.39, 0.29) is 24.7 Å². The summed E-state index contributed by atoms with van der Waals surface area (Å²) in [5.74, 6) is -1.79. The number of carbonyl (C=O) groups excluding carboxylic acids is 1. The van der Waals surface area contributed by atoms with Crippen LogP contribution in [0.1, 0.15) is 5.56 Å². The molecule has 1 aromatic heterocycles. The number of hydrogen-bond acceptors (Lipinski definition) is 3. The number of hydrogen-bond donors (Lipinski definition) is 2. The fourth-order valence-corrected chi connectivity index (χ4v) is 2.82. The monoisotopic (exact) mass is 416 g/mol. The first-order valence-electron chi connectivity index (χ1n) is 8.95. The predicted octanol–water partition coefficient (Wildman–Crippen LogP) is 3.74. The highest BCUT2D eigenvalue weighted by Gasteiger charge is 2.43. The fraction of sp³-hybridized carbons (Fsp3) is 0.143. The van der Waals surface area contributed by atoms with Crippen LogP contribution in [0.4, 0.5) is 18.9 Å². The second-order valence-electron chi connectivity index (χ2n) is 6.35. The molecule has 0 aliphatic rings. The van der Waals surface area contributed by atoms with Gasteiger partial charge in [-0.15, -0.1) is 0 Å². The van der Waals surface area contributed by atoms with Crippen molar-refractivity contribution in [1.29, 1.82) is 5.41 Å². The van der Waals surface area contributed by atoms with Gasteiger partial charge in [0.1, 0.15) is 18.2 Å². The van der Waals surface area contributed by atoms with Gasteiger partial charge in [-0.25, -0.2) is 0 Å². The minimum Gasteiger partial charge on any atom is -0.492 e. The van der Waals surface area contributed by atoms with E-state index in [1.54, 1.807) is 47.3 Å². The number of nitrogens with two attached hydrogens (primary N) is 1. The summed E-state index contributed by atoms with van der Waals surface area (Å²) in [6.07, 6.45) is -1.42. The second kappa shape index (κ2) is 8.73. The lowest BCUT2D eigenvalue weighted by Crippen LogP contribution is -2.43. The molecule has 3 rings (SSSR count). The van der Waals surface area contributed by atoms with E-state index in [1.807, 2.05) is 12.1 Å². The number of ether oxygens (including phenoxy) is 1. The summed E-state index contributed by atoms with van der Waals surface area (Å²) in [6, 6.07) is 16.1. The molecule has 1 amide bonds. The third kappa shape index (κ3) is 4.99. The van der Waals surface area contributed by atoms with Crippen molar-refractivity contribution >= 4 is 17.4 Å². The third-order valence-corrected chi connectivity index (χ3v) is 4.28. The highest BCUT2D eigenvalue weighted by Crippen LogP contribution is 2.25. The fourth-order valence-electron chi connectivity index (χ4n) is 2.82. The molecular weight excluding hydrogens is 397 g/mol. The van der Waals surface area contributed by atoms with Crippen LogP contribution in [-0.4, -0.2) is 35.6 Å². The maximum Gasteiger partial charge on any atom is 0.471 e. The van der Waals surface area contributed by atoms with E-state index in [1.165, 1.54) is 18.2 Å². The van der Waals surface area contributed by atoms with Crippen molar-refractivity contribution < 1.29 is 22.7 Å². The number of nitrogens with one attached hydrogen (secondary N) is 1. The summed E-state index contributed by atoms with van der Waals surface area (Å²) in [7, 11) is 0. The molecule has 3 aromatic rings. The number of anilines is 1. The van der Waals surface area contributed by atoms with Crippen LogP contribution in [0.25, 0.3) is 5.69 Å². The SMILES string of the molecule is N=C(N)c1cccc(OCCN(C(=O)C(F)(F)F)c2ccc(-n3cccc3)cc2)c1. The van der Waals surface area contributed by atoms with Gasteiger partial charge in [0.05, 0.1) is 6.54 Å². The predicted molar refractivity (Wildman–Crippen MR) is 107 cm³/mol. The van der Waals surface area contributed by atoms with Gasteiger partial charge in [-0.3, -0.25) is 10.2 Å². The first-order valence-corrected chi connectivity index (χ1v) is 8.95. The van der Waals surface area contributed by atoms with E-state index in [0.29, 0.717) is 16.2 Å². The molecule has 0 radical (unpaired) electrons. The number of carbonyl (C=O) groups is 1. The van der Waals surface area contributed by atoms with Gasteiger partial charge in [0, 0.05) is 29.3 Å². The van der Waals surface area contributed by atoms with Crippen molar-refractivity contribution in [2.75, 3.05) is 18.1 Å².